The number of rotatable bonds is 6. The van der Waals surface area contributed by atoms with Crippen LogP contribution in [0.5, 0.6) is 0 Å². The van der Waals surface area contributed by atoms with Crippen molar-refractivity contribution < 1.29 is 14.4 Å². The fourth-order valence-electron chi connectivity index (χ4n) is 3.01. The van der Waals surface area contributed by atoms with Gasteiger partial charge < -0.3 is 10.6 Å². The van der Waals surface area contributed by atoms with Crippen molar-refractivity contribution in [1.29, 1.82) is 0 Å². The van der Waals surface area contributed by atoms with Crippen LogP contribution >= 0.6 is 24.8 Å². The first-order chi connectivity index (χ1) is 12.6. The Morgan fingerprint density at radius 3 is 2.68 bits per heavy atom. The van der Waals surface area contributed by atoms with Crippen molar-refractivity contribution in [3.8, 4) is 0 Å². The molecule has 1 aliphatic heterocycles. The SMILES string of the molecule is Cl.Cl.O=C(/C=C/c1cnc(N[C@]2(Cc3ccccc3F)CCNC2)cn1)NO. The van der Waals surface area contributed by atoms with E-state index >= 15 is 0 Å². The van der Waals surface area contributed by atoms with Crippen LogP contribution in [-0.4, -0.2) is 39.7 Å². The van der Waals surface area contributed by atoms with Crippen LogP contribution in [0.15, 0.2) is 42.7 Å². The zero-order valence-electron chi connectivity index (χ0n) is 14.9. The molecule has 1 amide bonds. The molecule has 3 rings (SSSR count). The Bertz CT molecular complexity index is 799. The second kappa shape index (κ2) is 10.9. The zero-order valence-corrected chi connectivity index (χ0v) is 16.5. The van der Waals surface area contributed by atoms with E-state index in [4.69, 9.17) is 5.21 Å². The molecule has 1 saturated heterocycles. The second-order valence-corrected chi connectivity index (χ2v) is 6.24. The Balaban J connectivity index is 0.00000196. The Labute approximate surface area is 174 Å². The van der Waals surface area contributed by atoms with Gasteiger partial charge in [-0.05, 0) is 37.1 Å². The molecule has 2 heterocycles. The van der Waals surface area contributed by atoms with Crippen molar-refractivity contribution in [2.45, 2.75) is 18.4 Å². The van der Waals surface area contributed by atoms with Crippen molar-refractivity contribution in [2.75, 3.05) is 18.4 Å². The first-order valence-corrected chi connectivity index (χ1v) is 8.27. The van der Waals surface area contributed by atoms with Crippen LogP contribution < -0.4 is 16.1 Å². The van der Waals surface area contributed by atoms with E-state index in [1.165, 1.54) is 23.8 Å². The monoisotopic (exact) mass is 429 g/mol. The van der Waals surface area contributed by atoms with Gasteiger partial charge >= 0.3 is 0 Å². The van der Waals surface area contributed by atoms with Gasteiger partial charge in [-0.3, -0.25) is 15.0 Å². The van der Waals surface area contributed by atoms with E-state index in [-0.39, 0.29) is 36.2 Å². The van der Waals surface area contributed by atoms with Crippen molar-refractivity contribution in [3.05, 3.63) is 59.8 Å². The lowest BCUT2D eigenvalue weighted by Gasteiger charge is -2.30. The van der Waals surface area contributed by atoms with E-state index < -0.39 is 5.91 Å². The highest BCUT2D eigenvalue weighted by Crippen LogP contribution is 2.26. The van der Waals surface area contributed by atoms with E-state index in [1.807, 2.05) is 6.07 Å². The molecule has 152 valence electrons. The van der Waals surface area contributed by atoms with Crippen LogP contribution in [0.3, 0.4) is 0 Å². The van der Waals surface area contributed by atoms with Gasteiger partial charge in [0.25, 0.3) is 5.91 Å². The highest BCUT2D eigenvalue weighted by Gasteiger charge is 2.35. The highest BCUT2D eigenvalue weighted by atomic mass is 35.5. The molecule has 0 radical (unpaired) electrons. The summed E-state index contributed by atoms with van der Waals surface area (Å²) in [7, 11) is 0. The van der Waals surface area contributed by atoms with Crippen LogP contribution in [-0.2, 0) is 11.2 Å². The average molecular weight is 430 g/mol. The molecule has 7 nitrogen and oxygen atoms in total. The quantitative estimate of drug-likeness (QED) is 0.319. The maximum atomic E-state index is 14.0. The molecule has 0 spiro atoms. The third-order valence-electron chi connectivity index (χ3n) is 4.31. The Kier molecular flexibility index (Phi) is 9.27. The standard InChI is InChI=1S/C18H20FN5O2.2ClH/c19-15-4-2-1-3-13(15)9-18(7-8-20-12-18)23-16-11-21-14(10-22-16)5-6-17(25)24-26;;/h1-6,10-11,20,26H,7-9,12H2,(H,22,23)(H,24,25);2*1H/b6-5+;;/t18-;;/m0../s1. The number of benzene rings is 1. The minimum absolute atomic E-state index is 0. The lowest BCUT2D eigenvalue weighted by atomic mass is 9.89. The minimum Gasteiger partial charge on any atom is -0.362 e. The van der Waals surface area contributed by atoms with Crippen molar-refractivity contribution in [1.82, 2.24) is 20.8 Å². The summed E-state index contributed by atoms with van der Waals surface area (Å²) in [6.45, 7) is 1.54. The maximum absolute atomic E-state index is 14.0. The number of halogens is 3. The lowest BCUT2D eigenvalue weighted by molar-refractivity contribution is -0.124. The molecule has 0 bridgehead atoms. The summed E-state index contributed by atoms with van der Waals surface area (Å²) in [6, 6.07) is 6.77. The summed E-state index contributed by atoms with van der Waals surface area (Å²) >= 11 is 0. The van der Waals surface area contributed by atoms with Gasteiger partial charge in [0.05, 0.1) is 23.6 Å². The molecular weight excluding hydrogens is 408 g/mol. The van der Waals surface area contributed by atoms with Gasteiger partial charge in [-0.2, -0.15) is 0 Å². The van der Waals surface area contributed by atoms with E-state index in [0.29, 0.717) is 30.0 Å². The van der Waals surface area contributed by atoms with Crippen LogP contribution in [0.1, 0.15) is 17.7 Å². The largest absolute Gasteiger partial charge is 0.362 e. The van der Waals surface area contributed by atoms with Crippen molar-refractivity contribution >= 4 is 42.6 Å². The molecule has 1 atom stereocenters. The number of hydrogen-bond donors (Lipinski definition) is 4. The summed E-state index contributed by atoms with van der Waals surface area (Å²) in [5.74, 6) is -0.280. The van der Waals surface area contributed by atoms with Crippen LogP contribution in [0.25, 0.3) is 6.08 Å². The van der Waals surface area contributed by atoms with Gasteiger partial charge in [0.1, 0.15) is 11.6 Å². The molecule has 4 N–H and O–H groups in total. The minimum atomic E-state index is -0.644. The molecule has 28 heavy (non-hydrogen) atoms. The van der Waals surface area contributed by atoms with Crippen LogP contribution in [0.4, 0.5) is 10.2 Å². The van der Waals surface area contributed by atoms with Crippen LogP contribution in [0, 0.1) is 5.82 Å². The van der Waals surface area contributed by atoms with E-state index in [1.54, 1.807) is 18.3 Å². The number of carbonyl (C=O) groups is 1. The van der Waals surface area contributed by atoms with Gasteiger partial charge in [0, 0.05) is 12.6 Å². The molecule has 0 aliphatic carbocycles. The second-order valence-electron chi connectivity index (χ2n) is 6.24. The summed E-state index contributed by atoms with van der Waals surface area (Å²) < 4.78 is 14.0. The molecule has 1 aromatic heterocycles. The Hall–Kier alpha value is -2.26. The van der Waals surface area contributed by atoms with Crippen LogP contribution in [0.2, 0.25) is 0 Å². The predicted octanol–water partition coefficient (Wildman–Crippen LogP) is 2.36. The predicted molar refractivity (Wildman–Crippen MR) is 109 cm³/mol. The Morgan fingerprint density at radius 1 is 1.29 bits per heavy atom. The van der Waals surface area contributed by atoms with E-state index in [0.717, 1.165) is 19.0 Å². The number of nitrogens with one attached hydrogen (secondary N) is 3. The van der Waals surface area contributed by atoms with Crippen molar-refractivity contribution in [2.24, 2.45) is 0 Å². The van der Waals surface area contributed by atoms with Gasteiger partial charge in [0.2, 0.25) is 0 Å². The molecule has 10 heteroatoms. The summed E-state index contributed by atoms with van der Waals surface area (Å²) in [6.07, 6.45) is 7.04. The molecule has 0 unspecified atom stereocenters. The third kappa shape index (κ3) is 6.13. The van der Waals surface area contributed by atoms with Gasteiger partial charge in [-0.15, -0.1) is 24.8 Å². The maximum Gasteiger partial charge on any atom is 0.267 e. The summed E-state index contributed by atoms with van der Waals surface area (Å²) in [5, 5.41) is 15.2. The topological polar surface area (TPSA) is 99.2 Å². The smallest absolute Gasteiger partial charge is 0.267 e. The molecule has 1 aromatic carbocycles. The molecule has 2 aromatic rings. The summed E-state index contributed by atoms with van der Waals surface area (Å²) in [5.41, 5.74) is 2.30. The number of nitrogens with zero attached hydrogens (tertiary/aromatic N) is 2. The first-order valence-electron chi connectivity index (χ1n) is 8.27. The van der Waals surface area contributed by atoms with E-state index in [9.17, 15) is 9.18 Å². The molecular formula is C18H22Cl2FN5O2. The lowest BCUT2D eigenvalue weighted by Crippen LogP contribution is -2.43. The van der Waals surface area contributed by atoms with Crippen molar-refractivity contribution in [3.63, 3.8) is 0 Å². The number of aromatic nitrogens is 2. The molecule has 1 aliphatic rings. The zero-order chi connectivity index (χ0) is 18.4. The number of hydroxylamine groups is 1. The van der Waals surface area contributed by atoms with Gasteiger partial charge in [0.15, 0.2) is 0 Å². The average Bonchev–Trinajstić information content (AvgIpc) is 3.11. The van der Waals surface area contributed by atoms with Gasteiger partial charge in [-0.25, -0.2) is 14.9 Å². The fourth-order valence-corrected chi connectivity index (χ4v) is 3.01. The normalized spacial score (nSPS) is 18.2. The third-order valence-corrected chi connectivity index (χ3v) is 4.31. The Morgan fingerprint density at radius 2 is 2.07 bits per heavy atom. The van der Waals surface area contributed by atoms with E-state index in [2.05, 4.69) is 20.6 Å². The summed E-state index contributed by atoms with van der Waals surface area (Å²) in [4.78, 5) is 19.5. The number of hydrogen-bond acceptors (Lipinski definition) is 6. The fraction of sp³-hybridized carbons (Fsp3) is 0.278. The number of carbonyl (C=O) groups excluding carboxylic acids is 1. The first kappa shape index (κ1) is 23.8. The number of amides is 1. The highest BCUT2D eigenvalue weighted by molar-refractivity contribution is 5.90. The molecule has 0 saturated carbocycles. The van der Waals surface area contributed by atoms with Gasteiger partial charge in [-0.1, -0.05) is 18.2 Å². The molecule has 1 fully saturated rings. The number of anilines is 1.